The summed E-state index contributed by atoms with van der Waals surface area (Å²) in [4.78, 5) is 23.9. The van der Waals surface area contributed by atoms with Gasteiger partial charge in [-0.1, -0.05) is 18.2 Å². The molecule has 0 fully saturated rings. The fraction of sp³-hybridized carbons (Fsp3) is 0.263. The Morgan fingerprint density at radius 1 is 1.04 bits per heavy atom. The van der Waals surface area contributed by atoms with Gasteiger partial charge in [0.15, 0.2) is 0 Å². The molecule has 1 aromatic heterocycles. The molecule has 1 heterocycles. The van der Waals surface area contributed by atoms with E-state index in [-0.39, 0.29) is 23.8 Å². The first kappa shape index (κ1) is 17.0. The number of nitrogens with one attached hydrogen (secondary N) is 1. The number of aryl methyl sites for hydroxylation is 2. The Morgan fingerprint density at radius 2 is 1.80 bits per heavy atom. The zero-order chi connectivity index (χ0) is 18.0. The van der Waals surface area contributed by atoms with Gasteiger partial charge in [-0.15, -0.1) is 0 Å². The summed E-state index contributed by atoms with van der Waals surface area (Å²) in [6, 6.07) is 11.9. The molecular formula is C19H20FN3O2. The third-order valence-corrected chi connectivity index (χ3v) is 4.33. The van der Waals surface area contributed by atoms with Crippen LogP contribution in [-0.2, 0) is 31.7 Å². The van der Waals surface area contributed by atoms with Crippen LogP contribution in [0.5, 0.6) is 0 Å². The summed E-state index contributed by atoms with van der Waals surface area (Å²) in [5, 5.41) is 2.84. The molecule has 0 aliphatic heterocycles. The predicted octanol–water partition coefficient (Wildman–Crippen LogP) is 1.92. The SMILES string of the molecule is Cn1c(=O)n(C)c2cc(CCNC(=O)Cc3cccc(F)c3)ccc21. The van der Waals surface area contributed by atoms with Gasteiger partial charge in [-0.05, 0) is 41.8 Å². The summed E-state index contributed by atoms with van der Waals surface area (Å²) in [5.41, 5.74) is 3.39. The van der Waals surface area contributed by atoms with E-state index in [0.29, 0.717) is 18.5 Å². The first-order valence-electron chi connectivity index (χ1n) is 8.11. The van der Waals surface area contributed by atoms with Crippen LogP contribution in [0.1, 0.15) is 11.1 Å². The first-order valence-corrected chi connectivity index (χ1v) is 8.11. The Hall–Kier alpha value is -2.89. The van der Waals surface area contributed by atoms with Crippen LogP contribution in [-0.4, -0.2) is 21.6 Å². The molecule has 1 N–H and O–H groups in total. The van der Waals surface area contributed by atoms with E-state index in [1.54, 1.807) is 35.4 Å². The molecule has 130 valence electrons. The van der Waals surface area contributed by atoms with Gasteiger partial charge < -0.3 is 5.32 Å². The molecule has 3 aromatic rings. The molecule has 0 radical (unpaired) electrons. The first-order chi connectivity index (χ1) is 12.0. The van der Waals surface area contributed by atoms with E-state index in [1.807, 2.05) is 18.2 Å². The van der Waals surface area contributed by atoms with E-state index in [2.05, 4.69) is 5.32 Å². The molecule has 0 unspecified atom stereocenters. The minimum Gasteiger partial charge on any atom is -0.355 e. The summed E-state index contributed by atoms with van der Waals surface area (Å²) < 4.78 is 16.3. The number of rotatable bonds is 5. The number of aromatic nitrogens is 2. The Labute approximate surface area is 144 Å². The van der Waals surface area contributed by atoms with E-state index in [0.717, 1.165) is 16.6 Å². The topological polar surface area (TPSA) is 56.0 Å². The molecule has 0 saturated heterocycles. The fourth-order valence-electron chi connectivity index (χ4n) is 2.95. The number of carbonyl (C=O) groups is 1. The number of hydrogen-bond acceptors (Lipinski definition) is 2. The molecule has 0 bridgehead atoms. The fourth-order valence-corrected chi connectivity index (χ4v) is 2.95. The number of benzene rings is 2. The van der Waals surface area contributed by atoms with Gasteiger partial charge in [0.05, 0.1) is 17.5 Å². The molecule has 6 heteroatoms. The van der Waals surface area contributed by atoms with E-state index in [9.17, 15) is 14.0 Å². The summed E-state index contributed by atoms with van der Waals surface area (Å²) >= 11 is 0. The van der Waals surface area contributed by atoms with Crippen molar-refractivity contribution in [3.05, 3.63) is 69.9 Å². The minimum atomic E-state index is -0.341. The number of halogens is 1. The molecule has 1 amide bonds. The van der Waals surface area contributed by atoms with Crippen molar-refractivity contribution in [3.8, 4) is 0 Å². The number of fused-ring (bicyclic) bond motifs is 1. The van der Waals surface area contributed by atoms with Crippen LogP contribution in [0.4, 0.5) is 4.39 Å². The van der Waals surface area contributed by atoms with Crippen molar-refractivity contribution in [3.63, 3.8) is 0 Å². The summed E-state index contributed by atoms with van der Waals surface area (Å²) in [5.74, 6) is -0.481. The highest BCUT2D eigenvalue weighted by Gasteiger charge is 2.08. The molecular weight excluding hydrogens is 321 g/mol. The maximum Gasteiger partial charge on any atom is 0.328 e. The van der Waals surface area contributed by atoms with Crippen molar-refractivity contribution >= 4 is 16.9 Å². The monoisotopic (exact) mass is 341 g/mol. The van der Waals surface area contributed by atoms with Crippen LogP contribution in [0.25, 0.3) is 11.0 Å². The molecule has 0 spiro atoms. The molecule has 25 heavy (non-hydrogen) atoms. The Bertz CT molecular complexity index is 988. The van der Waals surface area contributed by atoms with Gasteiger partial charge in [0.1, 0.15) is 5.82 Å². The van der Waals surface area contributed by atoms with Gasteiger partial charge in [-0.3, -0.25) is 13.9 Å². The average Bonchev–Trinajstić information content (AvgIpc) is 2.79. The molecule has 0 saturated carbocycles. The van der Waals surface area contributed by atoms with Crippen LogP contribution in [0.3, 0.4) is 0 Å². The van der Waals surface area contributed by atoms with Crippen LogP contribution in [0.15, 0.2) is 47.3 Å². The Kier molecular flexibility index (Phi) is 4.70. The Morgan fingerprint density at radius 3 is 2.56 bits per heavy atom. The number of hydrogen-bond donors (Lipinski definition) is 1. The lowest BCUT2D eigenvalue weighted by Gasteiger charge is -2.06. The third kappa shape index (κ3) is 3.63. The third-order valence-electron chi connectivity index (χ3n) is 4.33. The molecule has 3 rings (SSSR count). The van der Waals surface area contributed by atoms with Crippen LogP contribution < -0.4 is 11.0 Å². The number of amides is 1. The van der Waals surface area contributed by atoms with Gasteiger partial charge in [0, 0.05) is 20.6 Å². The van der Waals surface area contributed by atoms with Crippen LogP contribution in [0, 0.1) is 5.82 Å². The second-order valence-corrected chi connectivity index (χ2v) is 6.13. The predicted molar refractivity (Wildman–Crippen MR) is 95.0 cm³/mol. The highest BCUT2D eigenvalue weighted by atomic mass is 19.1. The van der Waals surface area contributed by atoms with Crippen LogP contribution >= 0.6 is 0 Å². The highest BCUT2D eigenvalue weighted by molar-refractivity contribution is 5.79. The number of imidazole rings is 1. The quantitative estimate of drug-likeness (QED) is 0.771. The minimum absolute atomic E-state index is 0.0597. The van der Waals surface area contributed by atoms with Crippen molar-refractivity contribution in [2.75, 3.05) is 6.54 Å². The molecule has 0 aliphatic carbocycles. The average molecular weight is 341 g/mol. The summed E-state index contributed by atoms with van der Waals surface area (Å²) in [6.07, 6.45) is 0.817. The van der Waals surface area contributed by atoms with Gasteiger partial charge in [-0.2, -0.15) is 0 Å². The normalized spacial score (nSPS) is 11.0. The van der Waals surface area contributed by atoms with Crippen molar-refractivity contribution in [1.82, 2.24) is 14.5 Å². The molecule has 5 nitrogen and oxygen atoms in total. The molecule has 0 atom stereocenters. The standard InChI is InChI=1S/C19H20FN3O2/c1-22-16-7-6-13(11-17(16)23(2)19(22)25)8-9-21-18(24)12-14-4-3-5-15(20)10-14/h3-7,10-11H,8-9,12H2,1-2H3,(H,21,24). The highest BCUT2D eigenvalue weighted by Crippen LogP contribution is 2.14. The van der Waals surface area contributed by atoms with Gasteiger partial charge in [0.25, 0.3) is 0 Å². The summed E-state index contributed by atoms with van der Waals surface area (Å²) in [6.45, 7) is 0.487. The van der Waals surface area contributed by atoms with Crippen LogP contribution in [0.2, 0.25) is 0 Å². The lowest BCUT2D eigenvalue weighted by Crippen LogP contribution is -2.27. The zero-order valence-electron chi connectivity index (χ0n) is 14.3. The Balaban J connectivity index is 1.60. The maximum absolute atomic E-state index is 13.1. The number of carbonyl (C=O) groups excluding carboxylic acids is 1. The summed E-state index contributed by atoms with van der Waals surface area (Å²) in [7, 11) is 3.49. The van der Waals surface area contributed by atoms with E-state index >= 15 is 0 Å². The van der Waals surface area contributed by atoms with Gasteiger partial charge >= 0.3 is 5.69 Å². The zero-order valence-corrected chi connectivity index (χ0v) is 14.3. The van der Waals surface area contributed by atoms with Crippen molar-refractivity contribution in [1.29, 1.82) is 0 Å². The number of nitrogens with zero attached hydrogens (tertiary/aromatic N) is 2. The van der Waals surface area contributed by atoms with Crippen molar-refractivity contribution in [2.24, 2.45) is 14.1 Å². The lowest BCUT2D eigenvalue weighted by atomic mass is 10.1. The van der Waals surface area contributed by atoms with Crippen molar-refractivity contribution in [2.45, 2.75) is 12.8 Å². The second kappa shape index (κ2) is 6.93. The lowest BCUT2D eigenvalue weighted by molar-refractivity contribution is -0.120. The van der Waals surface area contributed by atoms with Crippen molar-refractivity contribution < 1.29 is 9.18 Å². The molecule has 0 aliphatic rings. The van der Waals surface area contributed by atoms with Gasteiger partial charge in [-0.25, -0.2) is 9.18 Å². The second-order valence-electron chi connectivity index (χ2n) is 6.13. The molecule has 2 aromatic carbocycles. The maximum atomic E-state index is 13.1. The van der Waals surface area contributed by atoms with Gasteiger partial charge in [0.2, 0.25) is 5.91 Å². The smallest absolute Gasteiger partial charge is 0.328 e. The van der Waals surface area contributed by atoms with E-state index in [1.165, 1.54) is 12.1 Å². The van der Waals surface area contributed by atoms with E-state index < -0.39 is 0 Å². The largest absolute Gasteiger partial charge is 0.355 e. The van der Waals surface area contributed by atoms with E-state index in [4.69, 9.17) is 0 Å².